The summed E-state index contributed by atoms with van der Waals surface area (Å²) in [5, 5.41) is 8.79. The fourth-order valence-corrected chi connectivity index (χ4v) is 2.89. The van der Waals surface area contributed by atoms with Gasteiger partial charge in [0, 0.05) is 6.07 Å². The quantitative estimate of drug-likeness (QED) is 0.737. The standard InChI is InChI=1S/C12H12N2O5S/c1-7-11(6-10(19-7)12(15)16)20(17,18)14-9-5-3-2-4-8(9)13/h2-6,14H,13H2,1H3,(H,15,16). The first-order chi connectivity index (χ1) is 9.31. The lowest BCUT2D eigenvalue weighted by Crippen LogP contribution is -2.14. The van der Waals surface area contributed by atoms with E-state index in [-0.39, 0.29) is 22.0 Å². The average molecular weight is 296 g/mol. The van der Waals surface area contributed by atoms with Crippen LogP contribution in [0.15, 0.2) is 39.6 Å². The van der Waals surface area contributed by atoms with Crippen molar-refractivity contribution in [3.05, 3.63) is 41.9 Å². The maximum absolute atomic E-state index is 12.2. The van der Waals surface area contributed by atoms with Crippen molar-refractivity contribution < 1.29 is 22.7 Å². The first kappa shape index (κ1) is 13.9. The van der Waals surface area contributed by atoms with E-state index < -0.39 is 21.8 Å². The highest BCUT2D eigenvalue weighted by Crippen LogP contribution is 2.25. The van der Waals surface area contributed by atoms with E-state index in [0.29, 0.717) is 0 Å². The van der Waals surface area contributed by atoms with Crippen LogP contribution in [0.1, 0.15) is 16.3 Å². The predicted molar refractivity (Wildman–Crippen MR) is 72.1 cm³/mol. The molecule has 0 spiro atoms. The Morgan fingerprint density at radius 1 is 1.35 bits per heavy atom. The molecule has 2 rings (SSSR count). The normalized spacial score (nSPS) is 11.2. The zero-order chi connectivity index (χ0) is 14.9. The number of aromatic carboxylic acids is 1. The molecule has 106 valence electrons. The van der Waals surface area contributed by atoms with Gasteiger partial charge in [0.2, 0.25) is 5.76 Å². The summed E-state index contributed by atoms with van der Waals surface area (Å²) in [6.45, 7) is 1.37. The molecule has 0 saturated heterocycles. The SMILES string of the molecule is Cc1oc(C(=O)O)cc1S(=O)(=O)Nc1ccccc1N. The molecule has 1 aromatic heterocycles. The first-order valence-corrected chi connectivity index (χ1v) is 7.00. The summed E-state index contributed by atoms with van der Waals surface area (Å²) in [6, 6.07) is 7.29. The van der Waals surface area contributed by atoms with Gasteiger partial charge in [-0.1, -0.05) is 12.1 Å². The number of benzene rings is 1. The number of nitrogen functional groups attached to an aromatic ring is 1. The van der Waals surface area contributed by atoms with E-state index in [0.717, 1.165) is 6.07 Å². The molecule has 7 nitrogen and oxygen atoms in total. The Balaban J connectivity index is 2.41. The number of aryl methyl sites for hydroxylation is 1. The molecule has 0 amide bonds. The Morgan fingerprint density at radius 2 is 2.00 bits per heavy atom. The summed E-state index contributed by atoms with van der Waals surface area (Å²) >= 11 is 0. The summed E-state index contributed by atoms with van der Waals surface area (Å²) < 4.78 is 31.6. The van der Waals surface area contributed by atoms with Crippen molar-refractivity contribution in [1.82, 2.24) is 0 Å². The second-order valence-electron chi connectivity index (χ2n) is 4.03. The number of furan rings is 1. The molecule has 1 aromatic carbocycles. The number of hydrogen-bond acceptors (Lipinski definition) is 5. The number of carboxylic acids is 1. The molecule has 0 fully saturated rings. The lowest BCUT2D eigenvalue weighted by Gasteiger charge is -2.08. The zero-order valence-electron chi connectivity index (χ0n) is 10.5. The number of hydrogen-bond donors (Lipinski definition) is 3. The second kappa shape index (κ2) is 4.89. The zero-order valence-corrected chi connectivity index (χ0v) is 11.3. The highest BCUT2D eigenvalue weighted by atomic mass is 32.2. The Morgan fingerprint density at radius 3 is 2.55 bits per heavy atom. The van der Waals surface area contributed by atoms with Crippen molar-refractivity contribution in [2.24, 2.45) is 0 Å². The molecular weight excluding hydrogens is 284 g/mol. The van der Waals surface area contributed by atoms with Crippen LogP contribution in [-0.2, 0) is 10.0 Å². The van der Waals surface area contributed by atoms with Crippen molar-refractivity contribution in [2.75, 3.05) is 10.5 Å². The summed E-state index contributed by atoms with van der Waals surface area (Å²) in [5.74, 6) is -1.79. The number of para-hydroxylation sites is 2. The minimum atomic E-state index is -3.97. The van der Waals surface area contributed by atoms with E-state index in [4.69, 9.17) is 15.3 Å². The molecule has 0 radical (unpaired) electrons. The number of nitrogens with one attached hydrogen (secondary N) is 1. The van der Waals surface area contributed by atoms with Gasteiger partial charge in [0.15, 0.2) is 0 Å². The van der Waals surface area contributed by atoms with Gasteiger partial charge < -0.3 is 15.3 Å². The Hall–Kier alpha value is -2.48. The van der Waals surface area contributed by atoms with Crippen LogP contribution in [0.3, 0.4) is 0 Å². The minimum absolute atomic E-state index is 0.00981. The molecule has 0 saturated carbocycles. The van der Waals surface area contributed by atoms with Crippen molar-refractivity contribution in [2.45, 2.75) is 11.8 Å². The molecule has 0 aliphatic rings. The lowest BCUT2D eigenvalue weighted by atomic mass is 10.3. The molecule has 0 atom stereocenters. The Bertz CT molecular complexity index is 764. The van der Waals surface area contributed by atoms with E-state index in [1.807, 2.05) is 0 Å². The van der Waals surface area contributed by atoms with Crippen LogP contribution in [0.25, 0.3) is 0 Å². The highest BCUT2D eigenvalue weighted by Gasteiger charge is 2.24. The third kappa shape index (κ3) is 2.59. The van der Waals surface area contributed by atoms with Gasteiger partial charge in [-0.15, -0.1) is 0 Å². The van der Waals surface area contributed by atoms with E-state index >= 15 is 0 Å². The third-order valence-corrected chi connectivity index (χ3v) is 4.05. The average Bonchev–Trinajstić information content (AvgIpc) is 2.75. The van der Waals surface area contributed by atoms with Gasteiger partial charge in [0.1, 0.15) is 10.7 Å². The number of sulfonamides is 1. The molecule has 0 bridgehead atoms. The maximum atomic E-state index is 12.2. The van der Waals surface area contributed by atoms with Crippen molar-refractivity contribution >= 4 is 27.4 Å². The summed E-state index contributed by atoms with van der Waals surface area (Å²) in [6.07, 6.45) is 0. The minimum Gasteiger partial charge on any atom is -0.475 e. The molecule has 4 N–H and O–H groups in total. The van der Waals surface area contributed by atoms with Gasteiger partial charge in [-0.2, -0.15) is 0 Å². The van der Waals surface area contributed by atoms with E-state index in [9.17, 15) is 13.2 Å². The van der Waals surface area contributed by atoms with Gasteiger partial charge in [-0.3, -0.25) is 4.72 Å². The lowest BCUT2D eigenvalue weighted by molar-refractivity contribution is 0.0661. The molecular formula is C12H12N2O5S. The third-order valence-electron chi connectivity index (χ3n) is 2.58. The van der Waals surface area contributed by atoms with Crippen molar-refractivity contribution in [3.8, 4) is 0 Å². The molecule has 8 heteroatoms. The van der Waals surface area contributed by atoms with Crippen molar-refractivity contribution in [1.29, 1.82) is 0 Å². The highest BCUT2D eigenvalue weighted by molar-refractivity contribution is 7.92. The van der Waals surface area contributed by atoms with Crippen molar-refractivity contribution in [3.63, 3.8) is 0 Å². The van der Waals surface area contributed by atoms with Gasteiger partial charge in [-0.05, 0) is 19.1 Å². The molecule has 1 heterocycles. The maximum Gasteiger partial charge on any atom is 0.371 e. The fraction of sp³-hybridized carbons (Fsp3) is 0.0833. The predicted octanol–water partition coefficient (Wildman–Crippen LogP) is 1.67. The summed E-state index contributed by atoms with van der Waals surface area (Å²) in [4.78, 5) is 10.5. The molecule has 20 heavy (non-hydrogen) atoms. The monoisotopic (exact) mass is 296 g/mol. The second-order valence-corrected chi connectivity index (χ2v) is 5.68. The van der Waals surface area contributed by atoms with Crippen LogP contribution in [0.5, 0.6) is 0 Å². The topological polar surface area (TPSA) is 123 Å². The fourth-order valence-electron chi connectivity index (χ4n) is 1.63. The Kier molecular flexibility index (Phi) is 3.41. The number of nitrogens with two attached hydrogens (primary N) is 1. The van der Waals surface area contributed by atoms with Crippen LogP contribution in [0.2, 0.25) is 0 Å². The van der Waals surface area contributed by atoms with Gasteiger partial charge in [0.25, 0.3) is 10.0 Å². The van der Waals surface area contributed by atoms with Gasteiger partial charge >= 0.3 is 5.97 Å². The number of rotatable bonds is 4. The van der Waals surface area contributed by atoms with Crippen LogP contribution >= 0.6 is 0 Å². The van der Waals surface area contributed by atoms with Crippen LogP contribution < -0.4 is 10.5 Å². The Labute approximate surface area is 115 Å². The van der Waals surface area contributed by atoms with E-state index in [1.165, 1.54) is 13.0 Å². The number of carboxylic acid groups (broad SMARTS) is 1. The van der Waals surface area contributed by atoms with Crippen LogP contribution in [-0.4, -0.2) is 19.5 Å². The van der Waals surface area contributed by atoms with E-state index in [1.54, 1.807) is 18.2 Å². The number of anilines is 2. The van der Waals surface area contributed by atoms with Crippen LogP contribution in [0, 0.1) is 6.92 Å². The number of carbonyl (C=O) groups is 1. The molecule has 0 aliphatic heterocycles. The molecule has 2 aromatic rings. The smallest absolute Gasteiger partial charge is 0.371 e. The van der Waals surface area contributed by atoms with Gasteiger partial charge in [0.05, 0.1) is 11.4 Å². The summed E-state index contributed by atoms with van der Waals surface area (Å²) in [7, 11) is -3.97. The van der Waals surface area contributed by atoms with Gasteiger partial charge in [-0.25, -0.2) is 13.2 Å². The molecule has 0 aliphatic carbocycles. The van der Waals surface area contributed by atoms with E-state index in [2.05, 4.69) is 4.72 Å². The summed E-state index contributed by atoms with van der Waals surface area (Å²) in [5.41, 5.74) is 6.13. The first-order valence-electron chi connectivity index (χ1n) is 5.52. The largest absolute Gasteiger partial charge is 0.475 e. The van der Waals surface area contributed by atoms with Crippen LogP contribution in [0.4, 0.5) is 11.4 Å². The molecule has 0 unspecified atom stereocenters.